The van der Waals surface area contributed by atoms with Crippen LogP contribution in [-0.4, -0.2) is 54.3 Å². The van der Waals surface area contributed by atoms with Crippen LogP contribution in [0.1, 0.15) is 54.1 Å². The van der Waals surface area contributed by atoms with Crippen LogP contribution in [0.4, 0.5) is 11.6 Å². The number of amides is 2. The minimum Gasteiger partial charge on any atom is -0.394 e. The lowest BCUT2D eigenvalue weighted by molar-refractivity contribution is -0.118. The van der Waals surface area contributed by atoms with E-state index in [0.29, 0.717) is 22.7 Å². The van der Waals surface area contributed by atoms with Gasteiger partial charge in [-0.2, -0.15) is 5.10 Å². The lowest BCUT2D eigenvalue weighted by Gasteiger charge is -2.22. The second kappa shape index (κ2) is 12.4. The van der Waals surface area contributed by atoms with Crippen molar-refractivity contribution in [2.75, 3.05) is 17.7 Å². The van der Waals surface area contributed by atoms with E-state index in [2.05, 4.69) is 25.6 Å². The van der Waals surface area contributed by atoms with Crippen LogP contribution in [0.25, 0.3) is 27.8 Å². The maximum atomic E-state index is 13.2. The topological polar surface area (TPSA) is 161 Å². The lowest BCUT2D eigenvalue weighted by Crippen LogP contribution is -2.46. The number of carbonyl (C=O) groups is 2. The van der Waals surface area contributed by atoms with Gasteiger partial charge in [-0.05, 0) is 54.8 Å². The number of rotatable bonds is 8. The van der Waals surface area contributed by atoms with Crippen LogP contribution < -0.4 is 16.4 Å². The molecule has 6 rings (SSSR count). The highest BCUT2D eigenvalue weighted by Gasteiger charge is 2.26. The Kier molecular flexibility index (Phi) is 8.05. The highest BCUT2D eigenvalue weighted by atomic mass is 16.3. The molecule has 11 nitrogen and oxygen atoms in total. The number of nitrogens with two attached hydrogens (primary N) is 1. The first kappa shape index (κ1) is 28.0. The number of nitrogens with zero attached hydrogens (tertiary/aromatic N) is 5. The number of hydrogen-bond donors (Lipinski definition) is 4. The first-order valence-corrected chi connectivity index (χ1v) is 14.3. The molecule has 1 aliphatic rings. The Morgan fingerprint density at radius 3 is 2.42 bits per heavy atom. The number of nitrogens with one attached hydrogen (secondary N) is 2. The minimum atomic E-state index is -1.16. The van der Waals surface area contributed by atoms with Gasteiger partial charge in [0.25, 0.3) is 5.91 Å². The van der Waals surface area contributed by atoms with E-state index in [1.54, 1.807) is 55.0 Å². The van der Waals surface area contributed by atoms with Gasteiger partial charge in [-0.1, -0.05) is 43.5 Å². The molecule has 1 atom stereocenters. The number of aliphatic hydroxyl groups is 1. The van der Waals surface area contributed by atoms with Crippen molar-refractivity contribution in [3.05, 3.63) is 90.5 Å². The van der Waals surface area contributed by atoms with Gasteiger partial charge in [0, 0.05) is 46.7 Å². The fourth-order valence-electron chi connectivity index (χ4n) is 5.57. The Balaban J connectivity index is 1.18. The summed E-state index contributed by atoms with van der Waals surface area (Å²) in [6.45, 7) is -0.569. The number of nitrogen functional groups attached to an aromatic ring is 1. The third-order valence-electron chi connectivity index (χ3n) is 7.79. The highest BCUT2D eigenvalue weighted by Crippen LogP contribution is 2.37. The molecule has 1 aliphatic carbocycles. The Hall–Kier alpha value is -5.16. The minimum absolute atomic E-state index is 0.188. The van der Waals surface area contributed by atoms with E-state index >= 15 is 0 Å². The number of aliphatic hydroxyl groups excluding tert-OH is 1. The molecule has 1 unspecified atom stereocenters. The van der Waals surface area contributed by atoms with E-state index in [1.165, 1.54) is 19.3 Å². The van der Waals surface area contributed by atoms with Crippen molar-refractivity contribution in [1.82, 2.24) is 30.0 Å². The van der Waals surface area contributed by atoms with Crippen molar-refractivity contribution in [1.29, 1.82) is 0 Å². The Labute approximate surface area is 248 Å². The summed E-state index contributed by atoms with van der Waals surface area (Å²) in [7, 11) is 0. The van der Waals surface area contributed by atoms with Gasteiger partial charge in [-0.3, -0.25) is 9.59 Å². The summed E-state index contributed by atoms with van der Waals surface area (Å²) in [6, 6.07) is 17.0. The average Bonchev–Trinajstić information content (AvgIpc) is 3.44. The molecule has 1 saturated carbocycles. The molecule has 0 radical (unpaired) electrons. The molecule has 0 aliphatic heterocycles. The maximum absolute atomic E-state index is 13.2. The molecular formula is C32H32N8O3. The number of pyridine rings is 1. The second-order valence-corrected chi connectivity index (χ2v) is 10.7. The molecule has 2 amide bonds. The molecule has 11 heteroatoms. The van der Waals surface area contributed by atoms with Gasteiger partial charge in [-0.15, -0.1) is 0 Å². The molecule has 5 aromatic rings. The first-order valence-electron chi connectivity index (χ1n) is 14.3. The largest absolute Gasteiger partial charge is 0.394 e. The lowest BCUT2D eigenvalue weighted by atomic mass is 9.85. The SMILES string of the molecule is Nc1ncc(-c2ccc(NC(=O)C(CO)NC(=O)c3ccc4c(C5CCCCC5)n(-c5ccccn5)nc4c3)cc2)cn1. The zero-order valence-corrected chi connectivity index (χ0v) is 23.5. The fraction of sp³-hybridized carbons (Fsp3) is 0.250. The van der Waals surface area contributed by atoms with Gasteiger partial charge in [0.1, 0.15) is 6.04 Å². The molecule has 218 valence electrons. The van der Waals surface area contributed by atoms with Crippen LogP contribution in [0.5, 0.6) is 0 Å². The number of benzene rings is 2. The van der Waals surface area contributed by atoms with Gasteiger partial charge >= 0.3 is 0 Å². The van der Waals surface area contributed by atoms with Crippen molar-refractivity contribution >= 4 is 34.4 Å². The molecule has 0 spiro atoms. The van der Waals surface area contributed by atoms with Crippen LogP contribution in [0.3, 0.4) is 0 Å². The molecule has 3 heterocycles. The molecule has 0 bridgehead atoms. The van der Waals surface area contributed by atoms with E-state index < -0.39 is 24.5 Å². The summed E-state index contributed by atoms with van der Waals surface area (Å²) in [4.78, 5) is 38.7. The van der Waals surface area contributed by atoms with E-state index in [-0.39, 0.29) is 5.95 Å². The van der Waals surface area contributed by atoms with E-state index in [0.717, 1.165) is 40.9 Å². The predicted molar refractivity (Wildman–Crippen MR) is 164 cm³/mol. The summed E-state index contributed by atoms with van der Waals surface area (Å²) in [5.74, 6) is 0.253. The van der Waals surface area contributed by atoms with Gasteiger partial charge in [0.2, 0.25) is 11.9 Å². The molecule has 3 aromatic heterocycles. The normalized spacial score (nSPS) is 14.3. The van der Waals surface area contributed by atoms with Crippen molar-refractivity contribution < 1.29 is 14.7 Å². The smallest absolute Gasteiger partial charge is 0.252 e. The maximum Gasteiger partial charge on any atom is 0.252 e. The molecule has 1 fully saturated rings. The molecule has 43 heavy (non-hydrogen) atoms. The molecule has 2 aromatic carbocycles. The van der Waals surface area contributed by atoms with Crippen LogP contribution in [0.15, 0.2) is 79.3 Å². The van der Waals surface area contributed by atoms with Crippen LogP contribution in [0.2, 0.25) is 0 Å². The van der Waals surface area contributed by atoms with Gasteiger partial charge in [0.05, 0.1) is 17.8 Å². The predicted octanol–water partition coefficient (Wildman–Crippen LogP) is 4.24. The summed E-state index contributed by atoms with van der Waals surface area (Å²) in [5, 5.41) is 21.2. The monoisotopic (exact) mass is 576 g/mol. The summed E-state index contributed by atoms with van der Waals surface area (Å²) in [5.41, 5.74) is 9.82. The zero-order chi connectivity index (χ0) is 29.8. The second-order valence-electron chi connectivity index (χ2n) is 10.7. The van der Waals surface area contributed by atoms with Gasteiger partial charge < -0.3 is 21.5 Å². The first-order chi connectivity index (χ1) is 21.0. The Morgan fingerprint density at radius 1 is 0.953 bits per heavy atom. The summed E-state index contributed by atoms with van der Waals surface area (Å²) >= 11 is 0. The number of aromatic nitrogens is 5. The number of carbonyl (C=O) groups excluding carboxylic acids is 2. The van der Waals surface area contributed by atoms with Gasteiger partial charge in [0.15, 0.2) is 5.82 Å². The Morgan fingerprint density at radius 2 is 1.72 bits per heavy atom. The van der Waals surface area contributed by atoms with Gasteiger partial charge in [-0.25, -0.2) is 19.6 Å². The van der Waals surface area contributed by atoms with E-state index in [1.807, 2.05) is 28.9 Å². The average molecular weight is 577 g/mol. The highest BCUT2D eigenvalue weighted by molar-refractivity contribution is 6.03. The van der Waals surface area contributed by atoms with Crippen LogP contribution >= 0.6 is 0 Å². The zero-order valence-electron chi connectivity index (χ0n) is 23.5. The third-order valence-corrected chi connectivity index (χ3v) is 7.79. The van der Waals surface area contributed by atoms with Crippen molar-refractivity contribution in [2.45, 2.75) is 44.1 Å². The quantitative estimate of drug-likeness (QED) is 0.213. The third kappa shape index (κ3) is 6.07. The number of fused-ring (bicyclic) bond motifs is 1. The molecule has 0 saturated heterocycles. The number of hydrogen-bond acceptors (Lipinski definition) is 8. The number of anilines is 2. The Bertz CT molecular complexity index is 1730. The standard InChI is InChI=1S/C32H32N8O3/c33-32-35-17-23(18-36-32)20-9-12-24(13-10-20)37-31(43)27(19-41)38-30(42)22-11-14-25-26(16-22)39-40(28-8-4-5-15-34-28)29(25)21-6-2-1-3-7-21/h4-5,8-18,21,27,41H,1-3,6-7,19H2,(H,37,43)(H,38,42)(H2,33,35,36). The van der Waals surface area contributed by atoms with Crippen LogP contribution in [0, 0.1) is 0 Å². The summed E-state index contributed by atoms with van der Waals surface area (Å²) < 4.78 is 1.90. The van der Waals surface area contributed by atoms with E-state index in [4.69, 9.17) is 10.8 Å². The fourth-order valence-corrected chi connectivity index (χ4v) is 5.57. The molecular weight excluding hydrogens is 544 g/mol. The van der Waals surface area contributed by atoms with Crippen molar-refractivity contribution in [3.8, 4) is 16.9 Å². The summed E-state index contributed by atoms with van der Waals surface area (Å²) in [6.07, 6.45) is 10.7. The van der Waals surface area contributed by atoms with Crippen LogP contribution in [-0.2, 0) is 4.79 Å². The van der Waals surface area contributed by atoms with E-state index in [9.17, 15) is 14.7 Å². The van der Waals surface area contributed by atoms with Crippen molar-refractivity contribution in [3.63, 3.8) is 0 Å². The van der Waals surface area contributed by atoms with Crippen molar-refractivity contribution in [2.24, 2.45) is 0 Å². The molecule has 5 N–H and O–H groups in total.